The van der Waals surface area contributed by atoms with Crippen LogP contribution < -0.4 is 10.1 Å². The summed E-state index contributed by atoms with van der Waals surface area (Å²) in [5.74, 6) is -0.347. The monoisotopic (exact) mass is 423 g/mol. The second-order valence-electron chi connectivity index (χ2n) is 6.58. The molecule has 150 valence electrons. The van der Waals surface area contributed by atoms with Gasteiger partial charge in [0.05, 0.1) is 13.0 Å². The van der Waals surface area contributed by atoms with E-state index in [4.69, 9.17) is 16.3 Å². The van der Waals surface area contributed by atoms with Crippen LogP contribution in [0.4, 0.5) is 0 Å². The molecule has 1 fully saturated rings. The number of hydrogen-bond acceptors (Lipinski definition) is 5. The summed E-state index contributed by atoms with van der Waals surface area (Å²) in [5, 5.41) is 3.17. The highest BCUT2D eigenvalue weighted by molar-refractivity contribution is 7.89. The SMILES string of the molecule is COc1ccc(Cl)cc1S(=O)(=O)N1CCC[C@@H](C(=O)NCc2cccnc2)C1. The van der Waals surface area contributed by atoms with Crippen molar-refractivity contribution in [3.8, 4) is 5.75 Å². The second kappa shape index (κ2) is 8.89. The van der Waals surface area contributed by atoms with E-state index in [0.717, 1.165) is 5.56 Å². The number of amides is 1. The van der Waals surface area contributed by atoms with Crippen molar-refractivity contribution in [3.05, 3.63) is 53.3 Å². The van der Waals surface area contributed by atoms with Gasteiger partial charge in [0.25, 0.3) is 0 Å². The first-order chi connectivity index (χ1) is 13.4. The molecule has 1 saturated heterocycles. The minimum atomic E-state index is -3.83. The molecule has 0 unspecified atom stereocenters. The van der Waals surface area contributed by atoms with Crippen molar-refractivity contribution >= 4 is 27.5 Å². The van der Waals surface area contributed by atoms with Gasteiger partial charge in [0.15, 0.2) is 0 Å². The Kier molecular flexibility index (Phi) is 6.53. The fourth-order valence-electron chi connectivity index (χ4n) is 3.20. The van der Waals surface area contributed by atoms with Gasteiger partial charge in [-0.05, 0) is 42.7 Å². The summed E-state index contributed by atoms with van der Waals surface area (Å²) in [5.41, 5.74) is 0.889. The molecular formula is C19H22ClN3O4S. The van der Waals surface area contributed by atoms with Gasteiger partial charge in [-0.1, -0.05) is 17.7 Å². The Morgan fingerprint density at radius 2 is 2.21 bits per heavy atom. The molecule has 2 aromatic rings. The summed E-state index contributed by atoms with van der Waals surface area (Å²) < 4.78 is 32.7. The van der Waals surface area contributed by atoms with E-state index in [1.54, 1.807) is 24.5 Å². The topological polar surface area (TPSA) is 88.6 Å². The normalized spacial score (nSPS) is 17.9. The van der Waals surface area contributed by atoms with E-state index in [9.17, 15) is 13.2 Å². The van der Waals surface area contributed by atoms with Crippen LogP contribution in [0.5, 0.6) is 5.75 Å². The summed E-state index contributed by atoms with van der Waals surface area (Å²) in [6.07, 6.45) is 4.59. The Hall–Kier alpha value is -2.16. The Bertz CT molecular complexity index is 937. The molecule has 0 aliphatic carbocycles. The Morgan fingerprint density at radius 1 is 1.39 bits per heavy atom. The number of sulfonamides is 1. The molecule has 0 radical (unpaired) electrons. The van der Waals surface area contributed by atoms with E-state index in [1.807, 2.05) is 6.07 Å². The summed E-state index contributed by atoms with van der Waals surface area (Å²) in [6.45, 7) is 0.833. The van der Waals surface area contributed by atoms with Crippen molar-refractivity contribution in [2.75, 3.05) is 20.2 Å². The highest BCUT2D eigenvalue weighted by Crippen LogP contribution is 2.31. The van der Waals surface area contributed by atoms with Gasteiger partial charge >= 0.3 is 0 Å². The zero-order valence-corrected chi connectivity index (χ0v) is 17.0. The molecule has 9 heteroatoms. The average molecular weight is 424 g/mol. The minimum absolute atomic E-state index is 0.0129. The lowest BCUT2D eigenvalue weighted by molar-refractivity contribution is -0.126. The van der Waals surface area contributed by atoms with Gasteiger partial charge in [-0.15, -0.1) is 0 Å². The predicted octanol–water partition coefficient (Wildman–Crippen LogP) is 2.46. The minimum Gasteiger partial charge on any atom is -0.495 e. The molecule has 7 nitrogen and oxygen atoms in total. The highest BCUT2D eigenvalue weighted by Gasteiger charge is 2.34. The van der Waals surface area contributed by atoms with Gasteiger partial charge in [0, 0.05) is 37.1 Å². The Morgan fingerprint density at radius 3 is 2.93 bits per heavy atom. The summed E-state index contributed by atoms with van der Waals surface area (Å²) in [7, 11) is -2.42. The van der Waals surface area contributed by atoms with Gasteiger partial charge in [-0.3, -0.25) is 9.78 Å². The number of nitrogens with one attached hydrogen (secondary N) is 1. The van der Waals surface area contributed by atoms with Crippen molar-refractivity contribution in [2.24, 2.45) is 5.92 Å². The van der Waals surface area contributed by atoms with Crippen LogP contribution >= 0.6 is 11.6 Å². The predicted molar refractivity (Wildman–Crippen MR) is 106 cm³/mol. The molecule has 28 heavy (non-hydrogen) atoms. The smallest absolute Gasteiger partial charge is 0.246 e. The van der Waals surface area contributed by atoms with Crippen LogP contribution in [0.15, 0.2) is 47.6 Å². The van der Waals surface area contributed by atoms with E-state index in [-0.39, 0.29) is 23.1 Å². The van der Waals surface area contributed by atoms with Crippen molar-refractivity contribution in [1.82, 2.24) is 14.6 Å². The van der Waals surface area contributed by atoms with Crippen LogP contribution in [-0.2, 0) is 21.4 Å². The molecule has 0 saturated carbocycles. The number of nitrogens with zero attached hydrogens (tertiary/aromatic N) is 2. The Labute approximate surface area is 169 Å². The molecule has 3 rings (SSSR count). The molecule has 1 aromatic carbocycles. The molecule has 1 aliphatic rings. The summed E-state index contributed by atoms with van der Waals surface area (Å²) in [4.78, 5) is 16.6. The van der Waals surface area contributed by atoms with Gasteiger partial charge in [0.1, 0.15) is 10.6 Å². The Balaban J connectivity index is 1.72. The zero-order valence-electron chi connectivity index (χ0n) is 15.5. The lowest BCUT2D eigenvalue weighted by Crippen LogP contribution is -2.45. The number of carbonyl (C=O) groups is 1. The fourth-order valence-corrected chi connectivity index (χ4v) is 5.14. The molecule has 1 atom stereocenters. The summed E-state index contributed by atoms with van der Waals surface area (Å²) >= 11 is 5.99. The number of aromatic nitrogens is 1. The van der Waals surface area contributed by atoms with E-state index in [1.165, 1.54) is 23.5 Å². The molecule has 0 bridgehead atoms. The number of pyridine rings is 1. The molecule has 2 heterocycles. The number of ether oxygens (including phenoxy) is 1. The third-order valence-electron chi connectivity index (χ3n) is 4.69. The summed E-state index contributed by atoms with van der Waals surface area (Å²) in [6, 6.07) is 8.15. The molecule has 1 N–H and O–H groups in total. The van der Waals surface area contributed by atoms with E-state index < -0.39 is 15.9 Å². The number of piperidine rings is 1. The fraction of sp³-hybridized carbons (Fsp3) is 0.368. The van der Waals surface area contributed by atoms with Crippen LogP contribution in [0.3, 0.4) is 0 Å². The first kappa shape index (κ1) is 20.6. The number of methoxy groups -OCH3 is 1. The first-order valence-corrected chi connectivity index (χ1v) is 10.7. The number of halogens is 1. The standard InChI is InChI=1S/C19H22ClN3O4S/c1-27-17-7-6-16(20)10-18(17)28(25,26)23-9-3-5-15(13-23)19(24)22-12-14-4-2-8-21-11-14/h2,4,6-8,10-11,15H,3,5,9,12-13H2,1H3,(H,22,24)/t15-/m1/s1. The molecule has 0 spiro atoms. The van der Waals surface area contributed by atoms with Crippen molar-refractivity contribution in [2.45, 2.75) is 24.3 Å². The second-order valence-corrected chi connectivity index (χ2v) is 8.92. The number of hydrogen-bond donors (Lipinski definition) is 1. The zero-order chi connectivity index (χ0) is 20.1. The maximum atomic E-state index is 13.1. The van der Waals surface area contributed by atoms with Crippen LogP contribution in [0.2, 0.25) is 5.02 Å². The highest BCUT2D eigenvalue weighted by atomic mass is 35.5. The van der Waals surface area contributed by atoms with Crippen molar-refractivity contribution in [1.29, 1.82) is 0 Å². The molecular weight excluding hydrogens is 402 g/mol. The number of carbonyl (C=O) groups excluding carboxylic acids is 1. The van der Waals surface area contributed by atoms with Crippen LogP contribution in [0.1, 0.15) is 18.4 Å². The van der Waals surface area contributed by atoms with Gasteiger partial charge in [0.2, 0.25) is 15.9 Å². The molecule has 1 amide bonds. The lowest BCUT2D eigenvalue weighted by atomic mass is 9.99. The average Bonchev–Trinajstić information content (AvgIpc) is 2.72. The largest absolute Gasteiger partial charge is 0.495 e. The van der Waals surface area contributed by atoms with Crippen LogP contribution in [0.25, 0.3) is 0 Å². The first-order valence-electron chi connectivity index (χ1n) is 8.92. The lowest BCUT2D eigenvalue weighted by Gasteiger charge is -2.31. The number of benzene rings is 1. The van der Waals surface area contributed by atoms with E-state index >= 15 is 0 Å². The molecule has 1 aliphatic heterocycles. The van der Waals surface area contributed by atoms with Crippen LogP contribution in [0, 0.1) is 5.92 Å². The van der Waals surface area contributed by atoms with Crippen molar-refractivity contribution < 1.29 is 17.9 Å². The van der Waals surface area contributed by atoms with Crippen LogP contribution in [-0.4, -0.2) is 43.8 Å². The quantitative estimate of drug-likeness (QED) is 0.770. The molecule has 1 aromatic heterocycles. The third kappa shape index (κ3) is 4.63. The van der Waals surface area contributed by atoms with Gasteiger partial charge in [-0.2, -0.15) is 4.31 Å². The van der Waals surface area contributed by atoms with Gasteiger partial charge in [-0.25, -0.2) is 8.42 Å². The van der Waals surface area contributed by atoms with Gasteiger partial charge < -0.3 is 10.1 Å². The third-order valence-corrected chi connectivity index (χ3v) is 6.81. The maximum Gasteiger partial charge on any atom is 0.246 e. The maximum absolute atomic E-state index is 13.1. The number of rotatable bonds is 6. The van der Waals surface area contributed by atoms with E-state index in [2.05, 4.69) is 10.3 Å². The van der Waals surface area contributed by atoms with Crippen molar-refractivity contribution in [3.63, 3.8) is 0 Å². The van der Waals surface area contributed by atoms with E-state index in [0.29, 0.717) is 31.0 Å².